The predicted octanol–water partition coefficient (Wildman–Crippen LogP) is 7.12. The molecule has 41 heavy (non-hydrogen) atoms. The number of hydrogen-bond donors (Lipinski definition) is 2. The van der Waals surface area contributed by atoms with Gasteiger partial charge in [-0.05, 0) is 51.6 Å². The molecule has 0 aliphatic heterocycles. The number of aromatic nitrogens is 2. The smallest absolute Gasteiger partial charge is 0.326 e. The normalized spacial score (nSPS) is 12.5. The van der Waals surface area contributed by atoms with Crippen LogP contribution in [-0.4, -0.2) is 33.0 Å². The summed E-state index contributed by atoms with van der Waals surface area (Å²) in [5, 5.41) is 12.4. The lowest BCUT2D eigenvalue weighted by Crippen LogP contribution is -2.42. The van der Waals surface area contributed by atoms with Crippen LogP contribution < -0.4 is 5.32 Å². The summed E-state index contributed by atoms with van der Waals surface area (Å²) >= 11 is 0. The minimum absolute atomic E-state index is 0.0966. The number of nitrogens with one attached hydrogen (secondary N) is 1. The Balaban J connectivity index is 1.39. The van der Waals surface area contributed by atoms with Gasteiger partial charge in [0.15, 0.2) is 5.82 Å². The van der Waals surface area contributed by atoms with Crippen molar-refractivity contribution in [1.82, 2.24) is 15.3 Å². The SMILES string of the molecule is CC(C)(C)Cc1ccc(C(=O)N[C@@H](Cc2ccc(-c3ncc(-c4ccc(C(C)(C)C)cc4)cn3)cc2)C(=O)O)cc1. The van der Waals surface area contributed by atoms with Gasteiger partial charge in [-0.25, -0.2) is 14.8 Å². The van der Waals surface area contributed by atoms with Crippen molar-refractivity contribution in [3.63, 3.8) is 0 Å². The van der Waals surface area contributed by atoms with Crippen molar-refractivity contribution in [3.8, 4) is 22.5 Å². The molecule has 0 saturated carbocycles. The lowest BCUT2D eigenvalue weighted by molar-refractivity contribution is -0.139. The van der Waals surface area contributed by atoms with Gasteiger partial charge in [0.2, 0.25) is 0 Å². The highest BCUT2D eigenvalue weighted by molar-refractivity contribution is 5.96. The first-order valence-corrected chi connectivity index (χ1v) is 13.9. The molecule has 6 nitrogen and oxygen atoms in total. The Labute approximate surface area is 242 Å². The van der Waals surface area contributed by atoms with E-state index in [2.05, 4.69) is 81.1 Å². The number of rotatable bonds is 8. The minimum Gasteiger partial charge on any atom is -0.480 e. The second-order valence-electron chi connectivity index (χ2n) is 12.8. The molecule has 1 heterocycles. The molecule has 0 saturated heterocycles. The van der Waals surface area contributed by atoms with Crippen LogP contribution in [0.25, 0.3) is 22.5 Å². The van der Waals surface area contributed by atoms with Crippen LogP contribution in [0.3, 0.4) is 0 Å². The summed E-state index contributed by atoms with van der Waals surface area (Å²) in [6.45, 7) is 13.1. The van der Waals surface area contributed by atoms with E-state index < -0.39 is 17.9 Å². The first kappa shape index (κ1) is 29.7. The Hall–Kier alpha value is -4.32. The Morgan fingerprint density at radius 2 is 1.27 bits per heavy atom. The van der Waals surface area contributed by atoms with Crippen molar-refractivity contribution in [2.75, 3.05) is 0 Å². The largest absolute Gasteiger partial charge is 0.480 e. The van der Waals surface area contributed by atoms with E-state index in [4.69, 9.17) is 0 Å². The molecule has 0 radical (unpaired) electrons. The summed E-state index contributed by atoms with van der Waals surface area (Å²) in [5.74, 6) is -0.899. The molecule has 0 spiro atoms. The minimum atomic E-state index is -1.08. The van der Waals surface area contributed by atoms with Crippen molar-refractivity contribution >= 4 is 11.9 Å². The average molecular weight is 550 g/mol. The van der Waals surface area contributed by atoms with E-state index in [1.54, 1.807) is 12.1 Å². The average Bonchev–Trinajstić information content (AvgIpc) is 2.92. The second-order valence-corrected chi connectivity index (χ2v) is 12.8. The summed E-state index contributed by atoms with van der Waals surface area (Å²) in [6.07, 6.45) is 4.68. The van der Waals surface area contributed by atoms with Gasteiger partial charge in [0.1, 0.15) is 6.04 Å². The number of carboxylic acids is 1. The Bertz CT molecular complexity index is 1480. The lowest BCUT2D eigenvalue weighted by Gasteiger charge is -2.19. The highest BCUT2D eigenvalue weighted by Gasteiger charge is 2.22. The molecule has 0 aliphatic rings. The fourth-order valence-corrected chi connectivity index (χ4v) is 4.64. The number of carbonyl (C=O) groups is 2. The molecule has 0 bridgehead atoms. The zero-order chi connectivity index (χ0) is 29.8. The maximum absolute atomic E-state index is 12.8. The molecule has 0 aliphatic carbocycles. The van der Waals surface area contributed by atoms with Crippen LogP contribution in [0.15, 0.2) is 85.2 Å². The van der Waals surface area contributed by atoms with Crippen LogP contribution in [0.4, 0.5) is 0 Å². The summed E-state index contributed by atoms with van der Waals surface area (Å²) in [7, 11) is 0. The quantitative estimate of drug-likeness (QED) is 0.244. The molecule has 2 N–H and O–H groups in total. The van der Waals surface area contributed by atoms with E-state index in [0.29, 0.717) is 11.4 Å². The molecule has 4 rings (SSSR count). The van der Waals surface area contributed by atoms with Gasteiger partial charge in [-0.1, -0.05) is 102 Å². The first-order valence-electron chi connectivity index (χ1n) is 13.9. The third-order valence-electron chi connectivity index (χ3n) is 6.94. The maximum Gasteiger partial charge on any atom is 0.326 e. The second kappa shape index (κ2) is 12.0. The molecule has 0 fully saturated rings. The lowest BCUT2D eigenvalue weighted by atomic mass is 9.86. The van der Waals surface area contributed by atoms with Crippen molar-refractivity contribution in [3.05, 3.63) is 107 Å². The Morgan fingerprint density at radius 3 is 1.78 bits per heavy atom. The van der Waals surface area contributed by atoms with E-state index in [-0.39, 0.29) is 17.3 Å². The van der Waals surface area contributed by atoms with Crippen molar-refractivity contribution in [2.24, 2.45) is 5.41 Å². The van der Waals surface area contributed by atoms with Crippen LogP contribution in [0.1, 0.15) is 68.6 Å². The zero-order valence-electron chi connectivity index (χ0n) is 24.7. The Kier molecular flexibility index (Phi) is 8.72. The highest BCUT2D eigenvalue weighted by atomic mass is 16.4. The van der Waals surface area contributed by atoms with Gasteiger partial charge in [-0.2, -0.15) is 0 Å². The van der Waals surface area contributed by atoms with E-state index in [1.807, 2.05) is 48.8 Å². The Morgan fingerprint density at radius 1 is 0.732 bits per heavy atom. The summed E-state index contributed by atoms with van der Waals surface area (Å²) in [4.78, 5) is 33.8. The van der Waals surface area contributed by atoms with E-state index >= 15 is 0 Å². The molecule has 1 atom stereocenters. The van der Waals surface area contributed by atoms with Crippen molar-refractivity contribution in [1.29, 1.82) is 0 Å². The standard InChI is InChI=1S/C35H39N3O3/c1-34(2,3)20-24-9-13-27(14-10-24)32(39)38-30(33(40)41)19-23-7-11-26(12-8-23)31-36-21-28(22-37-31)25-15-17-29(18-16-25)35(4,5)6/h7-18,21-22,30H,19-20H2,1-6H3,(H,38,39)(H,40,41)/t30-/m0/s1. The van der Waals surface area contributed by atoms with E-state index in [9.17, 15) is 14.7 Å². The van der Waals surface area contributed by atoms with Crippen LogP contribution in [0.5, 0.6) is 0 Å². The number of carboxylic acid groups (broad SMARTS) is 1. The highest BCUT2D eigenvalue weighted by Crippen LogP contribution is 2.26. The number of nitrogens with zero attached hydrogens (tertiary/aromatic N) is 2. The van der Waals surface area contributed by atoms with Gasteiger partial charge in [0.25, 0.3) is 5.91 Å². The van der Waals surface area contributed by atoms with E-state index in [0.717, 1.165) is 34.2 Å². The molecular formula is C35H39N3O3. The van der Waals surface area contributed by atoms with Crippen molar-refractivity contribution < 1.29 is 14.7 Å². The van der Waals surface area contributed by atoms with Gasteiger partial charge in [0.05, 0.1) is 0 Å². The number of hydrogen-bond acceptors (Lipinski definition) is 4. The molecule has 4 aromatic rings. The topological polar surface area (TPSA) is 92.2 Å². The van der Waals surface area contributed by atoms with Crippen molar-refractivity contribution in [2.45, 2.75) is 65.8 Å². The third kappa shape index (κ3) is 8.10. The molecule has 1 amide bonds. The summed E-state index contributed by atoms with van der Waals surface area (Å²) in [5.41, 5.74) is 6.70. The number of carbonyl (C=O) groups excluding carboxylic acids is 1. The van der Waals surface area contributed by atoms with Gasteiger partial charge in [0, 0.05) is 35.5 Å². The van der Waals surface area contributed by atoms with Gasteiger partial charge in [-0.3, -0.25) is 4.79 Å². The fourth-order valence-electron chi connectivity index (χ4n) is 4.64. The van der Waals surface area contributed by atoms with Crippen LogP contribution in [0.2, 0.25) is 0 Å². The van der Waals surface area contributed by atoms with Crippen LogP contribution in [0, 0.1) is 5.41 Å². The predicted molar refractivity (Wildman–Crippen MR) is 164 cm³/mol. The number of benzene rings is 3. The van der Waals surface area contributed by atoms with Gasteiger partial charge >= 0.3 is 5.97 Å². The van der Waals surface area contributed by atoms with Gasteiger partial charge < -0.3 is 10.4 Å². The molecule has 1 aromatic heterocycles. The van der Waals surface area contributed by atoms with Gasteiger partial charge in [-0.15, -0.1) is 0 Å². The molecule has 3 aromatic carbocycles. The summed E-state index contributed by atoms with van der Waals surface area (Å²) in [6, 6.07) is 22.2. The third-order valence-corrected chi connectivity index (χ3v) is 6.94. The molecule has 6 heteroatoms. The fraction of sp³-hybridized carbons (Fsp3) is 0.314. The van der Waals surface area contributed by atoms with Crippen LogP contribution >= 0.6 is 0 Å². The monoisotopic (exact) mass is 549 g/mol. The molecule has 0 unspecified atom stereocenters. The molecule has 212 valence electrons. The maximum atomic E-state index is 12.8. The van der Waals surface area contributed by atoms with Crippen LogP contribution in [-0.2, 0) is 23.1 Å². The number of amides is 1. The molecular weight excluding hydrogens is 510 g/mol. The first-order chi connectivity index (χ1) is 19.3. The number of aliphatic carboxylic acids is 1. The zero-order valence-corrected chi connectivity index (χ0v) is 24.7. The summed E-state index contributed by atoms with van der Waals surface area (Å²) < 4.78 is 0. The van der Waals surface area contributed by atoms with E-state index in [1.165, 1.54) is 5.56 Å².